The van der Waals surface area contributed by atoms with Gasteiger partial charge in [-0.1, -0.05) is 25.7 Å². The molecule has 0 radical (unpaired) electrons. The van der Waals surface area contributed by atoms with Gasteiger partial charge in [0.2, 0.25) is 0 Å². The summed E-state index contributed by atoms with van der Waals surface area (Å²) in [6.07, 6.45) is 5.57. The van der Waals surface area contributed by atoms with Crippen LogP contribution in [0.1, 0.15) is 38.5 Å². The lowest BCUT2D eigenvalue weighted by Crippen LogP contribution is -2.46. The molecule has 1 aliphatic heterocycles. The lowest BCUT2D eigenvalue weighted by atomic mass is 9.90. The molecule has 2 aliphatic rings. The zero-order chi connectivity index (χ0) is 11.6. The number of nitriles is 1. The molecule has 0 aromatic carbocycles. The molecule has 5 heteroatoms. The summed E-state index contributed by atoms with van der Waals surface area (Å²) >= 11 is 0. The smallest absolute Gasteiger partial charge is 0.323 e. The van der Waals surface area contributed by atoms with E-state index in [0.29, 0.717) is 12.8 Å². The largest absolute Gasteiger partial charge is 0.325 e. The van der Waals surface area contributed by atoms with Crippen molar-refractivity contribution in [3.8, 4) is 6.07 Å². The summed E-state index contributed by atoms with van der Waals surface area (Å²) < 4.78 is 0. The highest BCUT2D eigenvalue weighted by molar-refractivity contribution is 6.07. The summed E-state index contributed by atoms with van der Waals surface area (Å²) in [5.41, 5.74) is -0.704. The Labute approximate surface area is 94.4 Å². The highest BCUT2D eigenvalue weighted by Crippen LogP contribution is 2.32. The van der Waals surface area contributed by atoms with Gasteiger partial charge in [0, 0.05) is 0 Å². The van der Waals surface area contributed by atoms with Crippen molar-refractivity contribution in [2.24, 2.45) is 0 Å². The number of hydrogen-bond donors (Lipinski definition) is 1. The molecule has 2 fully saturated rings. The first-order chi connectivity index (χ1) is 7.69. The minimum atomic E-state index is -0.704. The molecule has 0 atom stereocenters. The van der Waals surface area contributed by atoms with Crippen molar-refractivity contribution in [2.45, 2.75) is 44.1 Å². The van der Waals surface area contributed by atoms with Crippen LogP contribution in [-0.4, -0.2) is 28.9 Å². The molecule has 1 spiro atoms. The van der Waals surface area contributed by atoms with E-state index in [0.717, 1.165) is 30.6 Å². The third-order valence-corrected chi connectivity index (χ3v) is 3.43. The van der Waals surface area contributed by atoms with Crippen molar-refractivity contribution >= 4 is 11.9 Å². The first-order valence-corrected chi connectivity index (χ1v) is 5.71. The highest BCUT2D eigenvalue weighted by atomic mass is 16.2. The molecule has 0 unspecified atom stereocenters. The summed E-state index contributed by atoms with van der Waals surface area (Å²) in [6.45, 7) is -0.146. The van der Waals surface area contributed by atoms with Crippen molar-refractivity contribution in [1.29, 1.82) is 5.26 Å². The van der Waals surface area contributed by atoms with E-state index in [-0.39, 0.29) is 12.5 Å². The first kappa shape index (κ1) is 10.9. The summed E-state index contributed by atoms with van der Waals surface area (Å²) in [7, 11) is 0. The molecule has 3 amide bonds. The Morgan fingerprint density at radius 3 is 2.44 bits per heavy atom. The van der Waals surface area contributed by atoms with Gasteiger partial charge in [0.05, 0.1) is 6.07 Å². The number of hydrogen-bond acceptors (Lipinski definition) is 3. The van der Waals surface area contributed by atoms with Gasteiger partial charge in [-0.15, -0.1) is 0 Å². The molecule has 1 aliphatic carbocycles. The fraction of sp³-hybridized carbons (Fsp3) is 0.727. The fourth-order valence-electron chi connectivity index (χ4n) is 2.56. The molecular weight excluding hydrogens is 206 g/mol. The number of carbonyl (C=O) groups excluding carboxylic acids is 2. The molecule has 2 rings (SSSR count). The van der Waals surface area contributed by atoms with E-state index in [4.69, 9.17) is 5.26 Å². The number of imide groups is 1. The maximum atomic E-state index is 12.1. The molecule has 16 heavy (non-hydrogen) atoms. The maximum absolute atomic E-state index is 12.1. The van der Waals surface area contributed by atoms with Crippen LogP contribution in [0.3, 0.4) is 0 Å². The number of nitrogens with zero attached hydrogens (tertiary/aromatic N) is 2. The van der Waals surface area contributed by atoms with Crippen LogP contribution in [0.5, 0.6) is 0 Å². The standard InChI is InChI=1S/C11H15N3O2/c12-7-8-14-9(15)11(13-10(14)16)5-3-1-2-4-6-11/h1-6,8H2,(H,13,16). The predicted molar refractivity (Wildman–Crippen MR) is 56.3 cm³/mol. The Hall–Kier alpha value is -1.57. The molecular formula is C11H15N3O2. The average Bonchev–Trinajstić information content (AvgIpc) is 2.48. The van der Waals surface area contributed by atoms with Gasteiger partial charge in [0.15, 0.2) is 0 Å². The predicted octanol–water partition coefficient (Wildman–Crippen LogP) is 1.15. The Balaban J connectivity index is 2.20. The molecule has 1 saturated heterocycles. The summed E-state index contributed by atoms with van der Waals surface area (Å²) in [6, 6.07) is 1.44. The average molecular weight is 221 g/mol. The number of urea groups is 1. The minimum Gasteiger partial charge on any atom is -0.323 e. The summed E-state index contributed by atoms with van der Waals surface area (Å²) in [5, 5.41) is 11.4. The van der Waals surface area contributed by atoms with E-state index in [1.807, 2.05) is 6.07 Å². The van der Waals surface area contributed by atoms with Crippen LogP contribution in [0, 0.1) is 11.3 Å². The number of amides is 3. The number of rotatable bonds is 1. The molecule has 0 bridgehead atoms. The quantitative estimate of drug-likeness (QED) is 0.533. The Bertz CT molecular complexity index is 351. The van der Waals surface area contributed by atoms with E-state index >= 15 is 0 Å². The van der Waals surface area contributed by atoms with Gasteiger partial charge in [0.1, 0.15) is 12.1 Å². The second-order valence-electron chi connectivity index (χ2n) is 4.48. The van der Waals surface area contributed by atoms with Gasteiger partial charge < -0.3 is 5.32 Å². The summed E-state index contributed by atoms with van der Waals surface area (Å²) in [5.74, 6) is -0.207. The lowest BCUT2D eigenvalue weighted by Gasteiger charge is -2.24. The zero-order valence-electron chi connectivity index (χ0n) is 9.16. The monoisotopic (exact) mass is 221 g/mol. The van der Waals surface area contributed by atoms with Crippen LogP contribution in [0.2, 0.25) is 0 Å². The van der Waals surface area contributed by atoms with E-state index in [9.17, 15) is 9.59 Å². The van der Waals surface area contributed by atoms with Gasteiger partial charge >= 0.3 is 6.03 Å². The van der Waals surface area contributed by atoms with Crippen LogP contribution in [-0.2, 0) is 4.79 Å². The van der Waals surface area contributed by atoms with Crippen molar-refractivity contribution in [2.75, 3.05) is 6.54 Å². The van der Waals surface area contributed by atoms with E-state index < -0.39 is 11.6 Å². The van der Waals surface area contributed by atoms with Gasteiger partial charge in [-0.2, -0.15) is 5.26 Å². The number of nitrogens with one attached hydrogen (secondary N) is 1. The van der Waals surface area contributed by atoms with Crippen LogP contribution >= 0.6 is 0 Å². The highest BCUT2D eigenvalue weighted by Gasteiger charge is 2.50. The maximum Gasteiger partial charge on any atom is 0.325 e. The number of carbonyl (C=O) groups is 2. The Kier molecular flexibility index (Phi) is 2.82. The van der Waals surface area contributed by atoms with Crippen molar-refractivity contribution in [3.05, 3.63) is 0 Å². The summed E-state index contributed by atoms with van der Waals surface area (Å²) in [4.78, 5) is 24.8. The molecule has 1 saturated carbocycles. The van der Waals surface area contributed by atoms with Crippen molar-refractivity contribution in [1.82, 2.24) is 10.2 Å². The van der Waals surface area contributed by atoms with Gasteiger partial charge in [-0.05, 0) is 12.8 Å². The molecule has 1 heterocycles. The topological polar surface area (TPSA) is 73.2 Å². The van der Waals surface area contributed by atoms with Crippen molar-refractivity contribution in [3.63, 3.8) is 0 Å². The van der Waals surface area contributed by atoms with E-state index in [1.165, 1.54) is 0 Å². The van der Waals surface area contributed by atoms with Gasteiger partial charge in [-0.25, -0.2) is 9.69 Å². The lowest BCUT2D eigenvalue weighted by molar-refractivity contribution is -0.131. The normalized spacial score (nSPS) is 24.1. The SMILES string of the molecule is N#CCN1C(=O)NC2(CCCCCC2)C1=O. The Morgan fingerprint density at radius 1 is 1.25 bits per heavy atom. The van der Waals surface area contributed by atoms with Crippen LogP contribution < -0.4 is 5.32 Å². The van der Waals surface area contributed by atoms with Crippen LogP contribution in [0.15, 0.2) is 0 Å². The van der Waals surface area contributed by atoms with Crippen LogP contribution in [0.25, 0.3) is 0 Å². The van der Waals surface area contributed by atoms with E-state index in [1.54, 1.807) is 0 Å². The van der Waals surface area contributed by atoms with Crippen molar-refractivity contribution < 1.29 is 9.59 Å². The zero-order valence-corrected chi connectivity index (χ0v) is 9.16. The fourth-order valence-corrected chi connectivity index (χ4v) is 2.56. The molecule has 0 aromatic heterocycles. The minimum absolute atomic E-state index is 0.146. The van der Waals surface area contributed by atoms with E-state index in [2.05, 4.69) is 5.32 Å². The molecule has 1 N–H and O–H groups in total. The molecule has 5 nitrogen and oxygen atoms in total. The second-order valence-corrected chi connectivity index (χ2v) is 4.48. The van der Waals surface area contributed by atoms with Crippen LogP contribution in [0.4, 0.5) is 4.79 Å². The third-order valence-electron chi connectivity index (χ3n) is 3.43. The third kappa shape index (κ3) is 1.64. The second kappa shape index (κ2) is 4.12. The van der Waals surface area contributed by atoms with Gasteiger partial charge in [0.25, 0.3) is 5.91 Å². The van der Waals surface area contributed by atoms with Gasteiger partial charge in [-0.3, -0.25) is 4.79 Å². The molecule has 86 valence electrons. The first-order valence-electron chi connectivity index (χ1n) is 5.71. The Morgan fingerprint density at radius 2 is 1.88 bits per heavy atom. The molecule has 0 aromatic rings.